The molecule has 2 rings (SSSR count). The van der Waals surface area contributed by atoms with Crippen molar-refractivity contribution in [2.75, 3.05) is 6.54 Å². The van der Waals surface area contributed by atoms with Gasteiger partial charge in [-0.3, -0.25) is 4.98 Å². The third-order valence-corrected chi connectivity index (χ3v) is 4.43. The fourth-order valence-electron chi connectivity index (χ4n) is 2.29. The van der Waals surface area contributed by atoms with Crippen molar-refractivity contribution in [1.82, 2.24) is 10.3 Å². The van der Waals surface area contributed by atoms with Crippen molar-refractivity contribution in [3.05, 3.63) is 62.8 Å². The molecule has 2 nitrogen and oxygen atoms in total. The Morgan fingerprint density at radius 3 is 2.76 bits per heavy atom. The molecule has 0 aliphatic carbocycles. The zero-order chi connectivity index (χ0) is 15.2. The summed E-state index contributed by atoms with van der Waals surface area (Å²) in [7, 11) is 0. The Morgan fingerprint density at radius 1 is 1.29 bits per heavy atom. The van der Waals surface area contributed by atoms with E-state index in [0.717, 1.165) is 45.7 Å². The molecule has 1 aromatic carbocycles. The standard InChI is InChI=1S/C17H20BrClN2/c1-3-9-20-16(10-14-8-7-13(18)11-21-14)15-6-4-5-12(2)17(15)19/h4-8,11,16,20H,3,9-10H2,1-2H3. The van der Waals surface area contributed by atoms with E-state index in [4.69, 9.17) is 11.6 Å². The van der Waals surface area contributed by atoms with Crippen LogP contribution in [0.4, 0.5) is 0 Å². The van der Waals surface area contributed by atoms with Crippen LogP contribution < -0.4 is 5.32 Å². The SMILES string of the molecule is CCCNC(Cc1ccc(Br)cn1)c1cccc(C)c1Cl. The predicted octanol–water partition coefficient (Wildman–Crippen LogP) is 5.09. The van der Waals surface area contributed by atoms with Gasteiger partial charge >= 0.3 is 0 Å². The van der Waals surface area contributed by atoms with Crippen LogP contribution in [-0.4, -0.2) is 11.5 Å². The number of rotatable bonds is 6. The summed E-state index contributed by atoms with van der Waals surface area (Å²) in [5, 5.41) is 4.43. The molecule has 1 aromatic heterocycles. The molecule has 1 heterocycles. The second kappa shape index (κ2) is 7.92. The number of aromatic nitrogens is 1. The van der Waals surface area contributed by atoms with Crippen molar-refractivity contribution in [3.8, 4) is 0 Å². The smallest absolute Gasteiger partial charge is 0.0483 e. The molecule has 0 aliphatic rings. The summed E-state index contributed by atoms with van der Waals surface area (Å²) in [6.07, 6.45) is 3.76. The molecule has 4 heteroatoms. The summed E-state index contributed by atoms with van der Waals surface area (Å²) in [5.41, 5.74) is 3.32. The van der Waals surface area contributed by atoms with Crippen molar-refractivity contribution >= 4 is 27.5 Å². The van der Waals surface area contributed by atoms with Gasteiger partial charge in [-0.2, -0.15) is 0 Å². The van der Waals surface area contributed by atoms with Crippen LogP contribution >= 0.6 is 27.5 Å². The Morgan fingerprint density at radius 2 is 2.10 bits per heavy atom. The van der Waals surface area contributed by atoms with Crippen LogP contribution in [0.1, 0.15) is 36.2 Å². The summed E-state index contributed by atoms with van der Waals surface area (Å²) < 4.78 is 0.998. The van der Waals surface area contributed by atoms with E-state index in [2.05, 4.69) is 51.4 Å². The minimum atomic E-state index is 0.186. The molecule has 1 unspecified atom stereocenters. The average Bonchev–Trinajstić information content (AvgIpc) is 2.48. The average molecular weight is 368 g/mol. The first kappa shape index (κ1) is 16.5. The highest BCUT2D eigenvalue weighted by atomic mass is 79.9. The Labute approximate surface area is 140 Å². The Balaban J connectivity index is 2.25. The molecular formula is C17H20BrClN2. The number of hydrogen-bond acceptors (Lipinski definition) is 2. The number of aryl methyl sites for hydroxylation is 1. The summed E-state index contributed by atoms with van der Waals surface area (Å²) >= 11 is 9.91. The normalized spacial score (nSPS) is 12.4. The first-order chi connectivity index (χ1) is 10.1. The number of nitrogens with one attached hydrogen (secondary N) is 1. The van der Waals surface area contributed by atoms with Gasteiger partial charge in [-0.15, -0.1) is 0 Å². The largest absolute Gasteiger partial charge is 0.310 e. The number of benzene rings is 1. The van der Waals surface area contributed by atoms with E-state index in [1.54, 1.807) is 0 Å². The van der Waals surface area contributed by atoms with Gasteiger partial charge < -0.3 is 5.32 Å². The number of nitrogens with zero attached hydrogens (tertiary/aromatic N) is 1. The molecule has 0 fully saturated rings. The summed E-state index contributed by atoms with van der Waals surface area (Å²) in [4.78, 5) is 4.47. The van der Waals surface area contributed by atoms with Gasteiger partial charge in [-0.1, -0.05) is 36.7 Å². The van der Waals surface area contributed by atoms with Crippen LogP contribution in [0.3, 0.4) is 0 Å². The quantitative estimate of drug-likeness (QED) is 0.769. The zero-order valence-corrected chi connectivity index (χ0v) is 14.7. The predicted molar refractivity (Wildman–Crippen MR) is 92.9 cm³/mol. The van der Waals surface area contributed by atoms with Crippen LogP contribution in [0.25, 0.3) is 0 Å². The minimum Gasteiger partial charge on any atom is -0.310 e. The maximum absolute atomic E-state index is 6.49. The lowest BCUT2D eigenvalue weighted by atomic mass is 9.99. The highest BCUT2D eigenvalue weighted by Gasteiger charge is 2.16. The van der Waals surface area contributed by atoms with Gasteiger partial charge in [0.05, 0.1) is 0 Å². The lowest BCUT2D eigenvalue weighted by molar-refractivity contribution is 0.524. The Bertz CT molecular complexity index is 584. The van der Waals surface area contributed by atoms with E-state index in [1.807, 2.05) is 25.3 Å². The molecule has 0 spiro atoms. The van der Waals surface area contributed by atoms with E-state index in [1.165, 1.54) is 0 Å². The van der Waals surface area contributed by atoms with E-state index in [-0.39, 0.29) is 6.04 Å². The van der Waals surface area contributed by atoms with Crippen molar-refractivity contribution in [2.24, 2.45) is 0 Å². The second-order valence-corrected chi connectivity index (χ2v) is 6.45. The molecule has 112 valence electrons. The molecule has 0 radical (unpaired) electrons. The zero-order valence-electron chi connectivity index (χ0n) is 12.4. The van der Waals surface area contributed by atoms with Crippen LogP contribution in [0, 0.1) is 6.92 Å². The highest BCUT2D eigenvalue weighted by molar-refractivity contribution is 9.10. The lowest BCUT2D eigenvalue weighted by Gasteiger charge is -2.21. The molecule has 0 saturated heterocycles. The topological polar surface area (TPSA) is 24.9 Å². The molecular weight excluding hydrogens is 348 g/mol. The van der Waals surface area contributed by atoms with Crippen LogP contribution in [-0.2, 0) is 6.42 Å². The maximum Gasteiger partial charge on any atom is 0.0483 e. The second-order valence-electron chi connectivity index (χ2n) is 5.16. The summed E-state index contributed by atoms with van der Waals surface area (Å²) in [6.45, 7) is 5.17. The third-order valence-electron chi connectivity index (χ3n) is 3.44. The van der Waals surface area contributed by atoms with Crippen molar-refractivity contribution in [3.63, 3.8) is 0 Å². The molecule has 2 aromatic rings. The van der Waals surface area contributed by atoms with Gasteiger partial charge in [0, 0.05) is 33.8 Å². The first-order valence-corrected chi connectivity index (χ1v) is 8.37. The molecule has 0 amide bonds. The molecule has 21 heavy (non-hydrogen) atoms. The van der Waals surface area contributed by atoms with Gasteiger partial charge in [-0.25, -0.2) is 0 Å². The molecule has 1 N–H and O–H groups in total. The van der Waals surface area contributed by atoms with Crippen LogP contribution in [0.5, 0.6) is 0 Å². The van der Waals surface area contributed by atoms with Crippen LogP contribution in [0.15, 0.2) is 41.0 Å². The maximum atomic E-state index is 6.49. The number of halogens is 2. The summed E-state index contributed by atoms with van der Waals surface area (Å²) in [5.74, 6) is 0. The molecule has 0 aliphatic heterocycles. The Kier molecular flexibility index (Phi) is 6.22. The van der Waals surface area contributed by atoms with E-state index in [0.29, 0.717) is 0 Å². The monoisotopic (exact) mass is 366 g/mol. The molecule has 1 atom stereocenters. The molecule has 0 saturated carbocycles. The van der Waals surface area contributed by atoms with Crippen molar-refractivity contribution in [2.45, 2.75) is 32.7 Å². The lowest BCUT2D eigenvalue weighted by Crippen LogP contribution is -2.25. The van der Waals surface area contributed by atoms with Crippen LogP contribution in [0.2, 0.25) is 5.02 Å². The van der Waals surface area contributed by atoms with Gasteiger partial charge in [-0.05, 0) is 59.1 Å². The number of pyridine rings is 1. The van der Waals surface area contributed by atoms with Gasteiger partial charge in [0.15, 0.2) is 0 Å². The van der Waals surface area contributed by atoms with Crippen molar-refractivity contribution < 1.29 is 0 Å². The highest BCUT2D eigenvalue weighted by Crippen LogP contribution is 2.28. The number of hydrogen-bond donors (Lipinski definition) is 1. The van der Waals surface area contributed by atoms with Gasteiger partial charge in [0.25, 0.3) is 0 Å². The van der Waals surface area contributed by atoms with Crippen molar-refractivity contribution in [1.29, 1.82) is 0 Å². The summed E-state index contributed by atoms with van der Waals surface area (Å²) in [6, 6.07) is 10.5. The minimum absolute atomic E-state index is 0.186. The fraction of sp³-hybridized carbons (Fsp3) is 0.353. The van der Waals surface area contributed by atoms with Gasteiger partial charge in [0.2, 0.25) is 0 Å². The van der Waals surface area contributed by atoms with E-state index in [9.17, 15) is 0 Å². The van der Waals surface area contributed by atoms with E-state index < -0.39 is 0 Å². The van der Waals surface area contributed by atoms with Gasteiger partial charge in [0.1, 0.15) is 0 Å². The molecule has 0 bridgehead atoms. The fourth-order valence-corrected chi connectivity index (χ4v) is 2.78. The van der Waals surface area contributed by atoms with E-state index >= 15 is 0 Å². The third kappa shape index (κ3) is 4.53. The Hall–Kier alpha value is -0.900. The first-order valence-electron chi connectivity index (χ1n) is 7.20.